The summed E-state index contributed by atoms with van der Waals surface area (Å²) in [5.41, 5.74) is -0.972. The molecule has 0 aromatic carbocycles. The van der Waals surface area contributed by atoms with Gasteiger partial charge < -0.3 is 14.7 Å². The van der Waals surface area contributed by atoms with Crippen molar-refractivity contribution in [2.75, 3.05) is 6.54 Å². The van der Waals surface area contributed by atoms with E-state index in [4.69, 9.17) is 4.52 Å². The lowest BCUT2D eigenvalue weighted by Crippen LogP contribution is -2.51. The predicted octanol–water partition coefficient (Wildman–Crippen LogP) is 2.73. The van der Waals surface area contributed by atoms with Crippen molar-refractivity contribution >= 4 is 11.8 Å². The molecule has 1 N–H and O–H groups in total. The molecule has 0 saturated carbocycles. The van der Waals surface area contributed by atoms with Gasteiger partial charge in [0.15, 0.2) is 0 Å². The summed E-state index contributed by atoms with van der Waals surface area (Å²) in [5.74, 6) is -0.507. The Labute approximate surface area is 164 Å². The summed E-state index contributed by atoms with van der Waals surface area (Å²) in [6.45, 7) is 3.56. The van der Waals surface area contributed by atoms with Crippen molar-refractivity contribution in [2.45, 2.75) is 51.4 Å². The summed E-state index contributed by atoms with van der Waals surface area (Å²) >= 11 is 0. The molecule has 2 amide bonds. The molecular weight excluding hydrogens is 391 g/mol. The van der Waals surface area contributed by atoms with E-state index in [0.717, 1.165) is 25.1 Å². The van der Waals surface area contributed by atoms with Crippen molar-refractivity contribution in [3.05, 3.63) is 29.9 Å². The predicted molar refractivity (Wildman–Crippen MR) is 94.1 cm³/mol. The minimum absolute atomic E-state index is 0.0444. The normalized spacial score (nSPS) is 18.4. The molecular formula is C18H20F3N5O3. The second kappa shape index (κ2) is 8.18. The average Bonchev–Trinajstić information content (AvgIpc) is 3.18. The third-order valence-corrected chi connectivity index (χ3v) is 4.69. The highest BCUT2D eigenvalue weighted by Crippen LogP contribution is 2.30. The summed E-state index contributed by atoms with van der Waals surface area (Å²) in [5, 5.41) is 6.43. The van der Waals surface area contributed by atoms with Crippen LogP contribution in [0.2, 0.25) is 0 Å². The van der Waals surface area contributed by atoms with Crippen LogP contribution in [0.15, 0.2) is 22.9 Å². The van der Waals surface area contributed by atoms with E-state index < -0.39 is 24.0 Å². The number of rotatable bonds is 4. The van der Waals surface area contributed by atoms with Gasteiger partial charge in [0.2, 0.25) is 23.5 Å². The van der Waals surface area contributed by atoms with Crippen molar-refractivity contribution in [1.29, 1.82) is 0 Å². The van der Waals surface area contributed by atoms with E-state index in [-0.39, 0.29) is 29.1 Å². The maximum absolute atomic E-state index is 12.8. The van der Waals surface area contributed by atoms with Crippen molar-refractivity contribution < 1.29 is 27.3 Å². The SMILES string of the molecule is CC(=O)N1CCCCC1C(=O)N[C@@H](C)c1nc(-c2ccnc(C(F)(F)F)c2)no1. The molecule has 8 nitrogen and oxygen atoms in total. The zero-order valence-electron chi connectivity index (χ0n) is 15.9. The lowest BCUT2D eigenvalue weighted by atomic mass is 10.0. The average molecular weight is 411 g/mol. The third kappa shape index (κ3) is 4.72. The van der Waals surface area contributed by atoms with Crippen molar-refractivity contribution in [2.24, 2.45) is 0 Å². The van der Waals surface area contributed by atoms with Crippen LogP contribution >= 0.6 is 0 Å². The summed E-state index contributed by atoms with van der Waals surface area (Å²) < 4.78 is 43.6. The van der Waals surface area contributed by atoms with E-state index in [1.54, 1.807) is 6.92 Å². The Balaban J connectivity index is 1.72. The molecule has 156 valence electrons. The number of amides is 2. The van der Waals surface area contributed by atoms with Crippen LogP contribution in [0.1, 0.15) is 50.7 Å². The van der Waals surface area contributed by atoms with E-state index in [1.807, 2.05) is 0 Å². The molecule has 2 atom stereocenters. The van der Waals surface area contributed by atoms with Crippen LogP contribution in [0.4, 0.5) is 13.2 Å². The largest absolute Gasteiger partial charge is 0.433 e. The molecule has 29 heavy (non-hydrogen) atoms. The molecule has 2 aromatic heterocycles. The standard InChI is InChI=1S/C18H20F3N5O3/c1-10(23-16(28)13-5-3-4-8-26(13)11(2)27)17-24-15(25-29-17)12-6-7-22-14(9-12)18(19,20)21/h6-7,9-10,13H,3-5,8H2,1-2H3,(H,23,28)/t10-,13?/m0/s1. The fraction of sp³-hybridized carbons (Fsp3) is 0.500. The fourth-order valence-corrected chi connectivity index (χ4v) is 3.21. The Morgan fingerprint density at radius 2 is 2.10 bits per heavy atom. The number of aromatic nitrogens is 3. The molecule has 2 aromatic rings. The van der Waals surface area contributed by atoms with E-state index >= 15 is 0 Å². The third-order valence-electron chi connectivity index (χ3n) is 4.69. The molecule has 0 aliphatic carbocycles. The molecule has 3 heterocycles. The smallest absolute Gasteiger partial charge is 0.343 e. The second-order valence-corrected chi connectivity index (χ2v) is 6.84. The van der Waals surface area contributed by atoms with Crippen LogP contribution in [-0.4, -0.2) is 44.4 Å². The van der Waals surface area contributed by atoms with Gasteiger partial charge in [0.25, 0.3) is 0 Å². The first-order chi connectivity index (χ1) is 13.7. The van der Waals surface area contributed by atoms with E-state index in [2.05, 4.69) is 20.4 Å². The Morgan fingerprint density at radius 1 is 1.34 bits per heavy atom. The Hall–Kier alpha value is -2.98. The Morgan fingerprint density at radius 3 is 2.79 bits per heavy atom. The topological polar surface area (TPSA) is 101 Å². The molecule has 1 aliphatic heterocycles. The maximum atomic E-state index is 12.8. The minimum Gasteiger partial charge on any atom is -0.343 e. The van der Waals surface area contributed by atoms with Gasteiger partial charge in [-0.3, -0.25) is 14.6 Å². The molecule has 1 unspecified atom stereocenters. The van der Waals surface area contributed by atoms with Crippen molar-refractivity contribution in [3.63, 3.8) is 0 Å². The van der Waals surface area contributed by atoms with Crippen molar-refractivity contribution in [1.82, 2.24) is 25.3 Å². The number of nitrogens with one attached hydrogen (secondary N) is 1. The van der Waals surface area contributed by atoms with Gasteiger partial charge in [0, 0.05) is 25.2 Å². The number of likely N-dealkylation sites (tertiary alicyclic amines) is 1. The Kier molecular flexibility index (Phi) is 5.85. The van der Waals surface area contributed by atoms with Crippen LogP contribution in [0.5, 0.6) is 0 Å². The van der Waals surface area contributed by atoms with Gasteiger partial charge >= 0.3 is 6.18 Å². The fourth-order valence-electron chi connectivity index (χ4n) is 3.21. The number of pyridine rings is 1. The summed E-state index contributed by atoms with van der Waals surface area (Å²) in [4.78, 5) is 33.3. The van der Waals surface area contributed by atoms with Gasteiger partial charge in [-0.15, -0.1) is 0 Å². The van der Waals surface area contributed by atoms with Crippen LogP contribution < -0.4 is 5.32 Å². The number of piperidine rings is 1. The van der Waals surface area contributed by atoms with Gasteiger partial charge in [0.1, 0.15) is 17.8 Å². The first-order valence-electron chi connectivity index (χ1n) is 9.11. The Bertz CT molecular complexity index is 899. The number of hydrogen-bond donors (Lipinski definition) is 1. The molecule has 1 saturated heterocycles. The monoisotopic (exact) mass is 411 g/mol. The van der Waals surface area contributed by atoms with Gasteiger partial charge in [-0.1, -0.05) is 5.16 Å². The van der Waals surface area contributed by atoms with Crippen LogP contribution in [0.25, 0.3) is 11.4 Å². The number of hydrogen-bond acceptors (Lipinski definition) is 6. The van der Waals surface area contributed by atoms with Crippen LogP contribution in [-0.2, 0) is 15.8 Å². The van der Waals surface area contributed by atoms with Gasteiger partial charge in [-0.2, -0.15) is 18.2 Å². The summed E-state index contributed by atoms with van der Waals surface area (Å²) in [7, 11) is 0. The molecule has 1 aliphatic rings. The molecule has 3 rings (SSSR count). The summed E-state index contributed by atoms with van der Waals surface area (Å²) in [6.07, 6.45) is -1.34. The van der Waals surface area contributed by atoms with Crippen LogP contribution in [0.3, 0.4) is 0 Å². The van der Waals surface area contributed by atoms with Crippen molar-refractivity contribution in [3.8, 4) is 11.4 Å². The molecule has 0 radical (unpaired) electrons. The lowest BCUT2D eigenvalue weighted by molar-refractivity contribution is -0.141. The van der Waals surface area contributed by atoms with Crippen LogP contribution in [0, 0.1) is 0 Å². The second-order valence-electron chi connectivity index (χ2n) is 6.84. The summed E-state index contributed by atoms with van der Waals surface area (Å²) in [6, 6.07) is 0.911. The number of halogens is 3. The van der Waals surface area contributed by atoms with Gasteiger partial charge in [-0.25, -0.2) is 0 Å². The molecule has 0 bridgehead atoms. The van der Waals surface area contributed by atoms with E-state index in [9.17, 15) is 22.8 Å². The highest BCUT2D eigenvalue weighted by Gasteiger charge is 2.33. The van der Waals surface area contributed by atoms with Gasteiger partial charge in [0.05, 0.1) is 0 Å². The molecule has 11 heteroatoms. The van der Waals surface area contributed by atoms with E-state index in [1.165, 1.54) is 17.9 Å². The van der Waals surface area contributed by atoms with Gasteiger partial charge in [-0.05, 0) is 38.3 Å². The molecule has 1 fully saturated rings. The highest BCUT2D eigenvalue weighted by molar-refractivity contribution is 5.87. The first-order valence-corrected chi connectivity index (χ1v) is 9.11. The van der Waals surface area contributed by atoms with E-state index in [0.29, 0.717) is 13.0 Å². The number of alkyl halides is 3. The zero-order valence-corrected chi connectivity index (χ0v) is 15.9. The zero-order chi connectivity index (χ0) is 21.2. The number of nitrogens with zero attached hydrogens (tertiary/aromatic N) is 4. The number of carbonyl (C=O) groups excluding carboxylic acids is 2. The first kappa shape index (κ1) is 20.7. The quantitative estimate of drug-likeness (QED) is 0.830. The highest BCUT2D eigenvalue weighted by atomic mass is 19.4. The lowest BCUT2D eigenvalue weighted by Gasteiger charge is -2.34. The minimum atomic E-state index is -4.59. The molecule has 0 spiro atoms. The number of carbonyl (C=O) groups is 2. The maximum Gasteiger partial charge on any atom is 0.433 e.